The van der Waals surface area contributed by atoms with E-state index in [-0.39, 0.29) is 11.8 Å². The predicted octanol–water partition coefficient (Wildman–Crippen LogP) is 4.88. The minimum Gasteiger partial charge on any atom is -0.497 e. The van der Waals surface area contributed by atoms with Crippen LogP contribution in [0.1, 0.15) is 23.4 Å². The molecule has 136 valence electrons. The van der Waals surface area contributed by atoms with Gasteiger partial charge < -0.3 is 10.1 Å². The number of nitrogens with one attached hydrogen (secondary N) is 1. The van der Waals surface area contributed by atoms with Crippen molar-refractivity contribution in [3.05, 3.63) is 71.2 Å². The maximum Gasteiger partial charge on any atom is 0.227 e. The molecule has 0 saturated heterocycles. The van der Waals surface area contributed by atoms with E-state index in [0.717, 1.165) is 37.3 Å². The van der Waals surface area contributed by atoms with E-state index < -0.39 is 0 Å². The Morgan fingerprint density at radius 1 is 1.11 bits per heavy atom. The average Bonchev–Trinajstić information content (AvgIpc) is 3.13. The first-order chi connectivity index (χ1) is 13.1. The number of methoxy groups -OCH3 is 1. The lowest BCUT2D eigenvalue weighted by molar-refractivity contribution is -0.122. The second-order valence-electron chi connectivity index (χ2n) is 6.49. The molecule has 0 aliphatic carbocycles. The largest absolute Gasteiger partial charge is 0.497 e. The van der Waals surface area contributed by atoms with Gasteiger partial charge in [0.1, 0.15) is 10.8 Å². The lowest BCUT2D eigenvalue weighted by Gasteiger charge is -2.13. The summed E-state index contributed by atoms with van der Waals surface area (Å²) >= 11 is 1.61. The van der Waals surface area contributed by atoms with E-state index in [1.165, 1.54) is 0 Å². The fraction of sp³-hybridized carbons (Fsp3) is 0.182. The first-order valence-electron chi connectivity index (χ1n) is 8.84. The van der Waals surface area contributed by atoms with Crippen molar-refractivity contribution in [1.82, 2.24) is 10.3 Å². The zero-order valence-corrected chi connectivity index (χ0v) is 16.0. The smallest absolute Gasteiger partial charge is 0.227 e. The molecule has 4 rings (SSSR count). The lowest BCUT2D eigenvalue weighted by atomic mass is 9.97. The Kier molecular flexibility index (Phi) is 4.77. The third-order valence-electron chi connectivity index (χ3n) is 4.72. The van der Waals surface area contributed by atoms with Gasteiger partial charge in [-0.25, -0.2) is 4.98 Å². The molecule has 0 unspecified atom stereocenters. The number of rotatable bonds is 5. The molecule has 1 aromatic heterocycles. The topological polar surface area (TPSA) is 51.2 Å². The Hall–Kier alpha value is -2.92. The number of nitrogens with zero attached hydrogens (tertiary/aromatic N) is 1. The van der Waals surface area contributed by atoms with E-state index in [9.17, 15) is 4.79 Å². The van der Waals surface area contributed by atoms with E-state index in [0.29, 0.717) is 6.54 Å². The number of aromatic nitrogens is 1. The highest BCUT2D eigenvalue weighted by atomic mass is 32.1. The van der Waals surface area contributed by atoms with Gasteiger partial charge in [0.25, 0.3) is 0 Å². The van der Waals surface area contributed by atoms with E-state index in [2.05, 4.69) is 16.4 Å². The molecule has 5 heteroatoms. The van der Waals surface area contributed by atoms with Gasteiger partial charge in [0.2, 0.25) is 5.91 Å². The number of amides is 1. The van der Waals surface area contributed by atoms with Crippen LogP contribution in [0.15, 0.2) is 60.7 Å². The summed E-state index contributed by atoms with van der Waals surface area (Å²) in [5.74, 6) is 0.602. The Morgan fingerprint density at radius 2 is 1.89 bits per heavy atom. The number of para-hydroxylation sites is 1. The first kappa shape index (κ1) is 17.5. The third kappa shape index (κ3) is 3.64. The molecule has 27 heavy (non-hydrogen) atoms. The molecular formula is C22H20N2O2S. The Labute approximate surface area is 161 Å². The average molecular weight is 376 g/mol. The van der Waals surface area contributed by atoms with Crippen LogP contribution in [0.3, 0.4) is 0 Å². The van der Waals surface area contributed by atoms with E-state index in [1.807, 2.05) is 61.5 Å². The highest BCUT2D eigenvalue weighted by Crippen LogP contribution is 2.26. The van der Waals surface area contributed by atoms with Crippen LogP contribution in [0.5, 0.6) is 5.75 Å². The summed E-state index contributed by atoms with van der Waals surface area (Å²) in [5, 5.41) is 6.13. The minimum atomic E-state index is -0.231. The molecule has 0 aliphatic rings. The molecule has 1 amide bonds. The van der Waals surface area contributed by atoms with Crippen LogP contribution >= 0.6 is 11.3 Å². The van der Waals surface area contributed by atoms with Gasteiger partial charge in [-0.05, 0) is 47.5 Å². The van der Waals surface area contributed by atoms with Gasteiger partial charge >= 0.3 is 0 Å². The standard InChI is InChI=1S/C22H20N2O2S/c1-14(15-7-8-17-12-18(26-2)10-9-16(17)11-15)22(25)23-13-21-24-19-5-3-4-6-20(19)27-21/h3-12,14H,13H2,1-2H3,(H,23,25)/t14-/m0/s1. The van der Waals surface area contributed by atoms with Crippen molar-refractivity contribution >= 4 is 38.2 Å². The number of benzene rings is 3. The Bertz CT molecular complexity index is 1090. The third-order valence-corrected chi connectivity index (χ3v) is 5.75. The zero-order valence-electron chi connectivity index (χ0n) is 15.2. The summed E-state index contributed by atoms with van der Waals surface area (Å²) in [6.07, 6.45) is 0. The molecule has 0 aliphatic heterocycles. The summed E-state index contributed by atoms with van der Waals surface area (Å²) in [4.78, 5) is 17.2. The van der Waals surface area contributed by atoms with Crippen LogP contribution in [0.25, 0.3) is 21.0 Å². The maximum absolute atomic E-state index is 12.6. The fourth-order valence-corrected chi connectivity index (χ4v) is 4.01. The van der Waals surface area contributed by atoms with Crippen molar-refractivity contribution in [2.75, 3.05) is 7.11 Å². The van der Waals surface area contributed by atoms with Crippen LogP contribution < -0.4 is 10.1 Å². The maximum atomic E-state index is 12.6. The van der Waals surface area contributed by atoms with Crippen molar-refractivity contribution < 1.29 is 9.53 Å². The number of hydrogen-bond donors (Lipinski definition) is 1. The van der Waals surface area contributed by atoms with Gasteiger partial charge in [-0.2, -0.15) is 0 Å². The molecule has 0 radical (unpaired) electrons. The first-order valence-corrected chi connectivity index (χ1v) is 9.65. The quantitative estimate of drug-likeness (QED) is 0.540. The molecule has 0 fully saturated rings. The minimum absolute atomic E-state index is 0.00196. The van der Waals surface area contributed by atoms with Gasteiger partial charge in [0.05, 0.1) is 29.8 Å². The monoisotopic (exact) mass is 376 g/mol. The fourth-order valence-electron chi connectivity index (χ4n) is 3.10. The molecule has 3 aromatic carbocycles. The number of carbonyl (C=O) groups excluding carboxylic acids is 1. The molecule has 1 N–H and O–H groups in total. The highest BCUT2D eigenvalue weighted by molar-refractivity contribution is 7.18. The summed E-state index contributed by atoms with van der Waals surface area (Å²) in [6, 6.07) is 20.1. The molecule has 0 spiro atoms. The number of thiazole rings is 1. The molecule has 1 heterocycles. The number of hydrogen-bond acceptors (Lipinski definition) is 4. The molecule has 0 bridgehead atoms. The van der Waals surface area contributed by atoms with E-state index >= 15 is 0 Å². The van der Waals surface area contributed by atoms with Gasteiger partial charge in [0.15, 0.2) is 0 Å². The number of carbonyl (C=O) groups is 1. The van der Waals surface area contributed by atoms with Crippen molar-refractivity contribution in [3.8, 4) is 5.75 Å². The van der Waals surface area contributed by atoms with Crippen molar-refractivity contribution in [1.29, 1.82) is 0 Å². The second kappa shape index (κ2) is 7.37. The van der Waals surface area contributed by atoms with Crippen molar-refractivity contribution in [3.63, 3.8) is 0 Å². The van der Waals surface area contributed by atoms with Crippen LogP contribution in [-0.2, 0) is 11.3 Å². The summed E-state index contributed by atoms with van der Waals surface area (Å²) < 4.78 is 6.40. The normalized spacial score (nSPS) is 12.2. The lowest BCUT2D eigenvalue weighted by Crippen LogP contribution is -2.27. The van der Waals surface area contributed by atoms with Gasteiger partial charge in [0, 0.05) is 0 Å². The molecule has 4 nitrogen and oxygen atoms in total. The SMILES string of the molecule is COc1ccc2cc([C@H](C)C(=O)NCc3nc4ccccc4s3)ccc2c1. The van der Waals surface area contributed by atoms with Crippen LogP contribution in [-0.4, -0.2) is 18.0 Å². The van der Waals surface area contributed by atoms with Gasteiger partial charge in [-0.15, -0.1) is 11.3 Å². The van der Waals surface area contributed by atoms with Gasteiger partial charge in [-0.1, -0.05) is 36.4 Å². The summed E-state index contributed by atoms with van der Waals surface area (Å²) in [7, 11) is 1.66. The molecule has 0 saturated carbocycles. The number of fused-ring (bicyclic) bond motifs is 2. The van der Waals surface area contributed by atoms with Gasteiger partial charge in [-0.3, -0.25) is 4.79 Å². The van der Waals surface area contributed by atoms with Crippen molar-refractivity contribution in [2.45, 2.75) is 19.4 Å². The van der Waals surface area contributed by atoms with Crippen molar-refractivity contribution in [2.24, 2.45) is 0 Å². The zero-order chi connectivity index (χ0) is 18.8. The summed E-state index contributed by atoms with van der Waals surface area (Å²) in [6.45, 7) is 2.38. The molecule has 4 aromatic rings. The van der Waals surface area contributed by atoms with E-state index in [1.54, 1.807) is 18.4 Å². The van der Waals surface area contributed by atoms with Crippen LogP contribution in [0.2, 0.25) is 0 Å². The van der Waals surface area contributed by atoms with Crippen LogP contribution in [0, 0.1) is 0 Å². The van der Waals surface area contributed by atoms with Crippen LogP contribution in [0.4, 0.5) is 0 Å². The second-order valence-corrected chi connectivity index (χ2v) is 7.60. The Morgan fingerprint density at radius 3 is 2.70 bits per heavy atom. The number of ether oxygens (including phenoxy) is 1. The predicted molar refractivity (Wildman–Crippen MR) is 110 cm³/mol. The Balaban J connectivity index is 1.47. The highest BCUT2D eigenvalue weighted by Gasteiger charge is 2.16. The van der Waals surface area contributed by atoms with E-state index in [4.69, 9.17) is 4.74 Å². The molecular weight excluding hydrogens is 356 g/mol. The summed E-state index contributed by atoms with van der Waals surface area (Å²) in [5.41, 5.74) is 1.97. The molecule has 1 atom stereocenters.